The zero-order valence-electron chi connectivity index (χ0n) is 12.6. The summed E-state index contributed by atoms with van der Waals surface area (Å²) in [6.07, 6.45) is 7.20. The van der Waals surface area contributed by atoms with Gasteiger partial charge < -0.3 is 10.6 Å². The van der Waals surface area contributed by atoms with Crippen molar-refractivity contribution in [1.82, 2.24) is 4.98 Å². The van der Waals surface area contributed by atoms with E-state index in [4.69, 9.17) is 5.73 Å². The van der Waals surface area contributed by atoms with E-state index in [-0.39, 0.29) is 6.04 Å². The molecule has 2 aromatic rings. The zero-order chi connectivity index (χ0) is 14.7. The van der Waals surface area contributed by atoms with Crippen LogP contribution in [0.15, 0.2) is 42.7 Å². The highest BCUT2D eigenvalue weighted by Gasteiger charge is 2.17. The number of rotatable bonds is 4. The van der Waals surface area contributed by atoms with E-state index in [9.17, 15) is 0 Å². The molecule has 0 radical (unpaired) electrons. The van der Waals surface area contributed by atoms with Gasteiger partial charge in [0.25, 0.3) is 0 Å². The van der Waals surface area contributed by atoms with E-state index in [2.05, 4.69) is 40.2 Å². The molecule has 0 aliphatic carbocycles. The Morgan fingerprint density at radius 3 is 2.81 bits per heavy atom. The molecule has 0 spiro atoms. The Morgan fingerprint density at radius 2 is 2.05 bits per heavy atom. The molecule has 1 aliphatic heterocycles. The average molecular weight is 281 g/mol. The number of nitrogens with zero attached hydrogens (tertiary/aromatic N) is 2. The summed E-state index contributed by atoms with van der Waals surface area (Å²) in [4.78, 5) is 6.58. The normalized spacial score (nSPS) is 15.6. The van der Waals surface area contributed by atoms with E-state index in [0.717, 1.165) is 19.5 Å². The lowest BCUT2D eigenvalue weighted by molar-refractivity contribution is 0.684. The third-order valence-electron chi connectivity index (χ3n) is 4.26. The van der Waals surface area contributed by atoms with Gasteiger partial charge in [-0.05, 0) is 61.1 Å². The maximum absolute atomic E-state index is 6.00. The molecule has 0 fully saturated rings. The molecule has 3 heteroatoms. The molecular formula is C18H23N3. The lowest BCUT2D eigenvalue weighted by Gasteiger charge is -2.32. The summed E-state index contributed by atoms with van der Waals surface area (Å²) >= 11 is 0. The number of anilines is 1. The van der Waals surface area contributed by atoms with Crippen LogP contribution >= 0.6 is 0 Å². The molecule has 3 rings (SSSR count). The van der Waals surface area contributed by atoms with Crippen LogP contribution in [0, 0.1) is 0 Å². The maximum Gasteiger partial charge on any atom is 0.0399 e. The lowest BCUT2D eigenvalue weighted by atomic mass is 9.96. The Bertz CT molecular complexity index is 593. The largest absolute Gasteiger partial charge is 0.371 e. The second kappa shape index (κ2) is 6.27. The fraction of sp³-hybridized carbons (Fsp3) is 0.389. The minimum absolute atomic E-state index is 0.113. The summed E-state index contributed by atoms with van der Waals surface area (Å²) in [5.41, 5.74) is 11.4. The Labute approximate surface area is 126 Å². The minimum atomic E-state index is 0.113. The summed E-state index contributed by atoms with van der Waals surface area (Å²) in [7, 11) is 0. The molecule has 110 valence electrons. The molecule has 1 aromatic heterocycles. The third-order valence-corrected chi connectivity index (χ3v) is 4.26. The van der Waals surface area contributed by atoms with Gasteiger partial charge in [-0.25, -0.2) is 0 Å². The molecular weight excluding hydrogens is 258 g/mol. The van der Waals surface area contributed by atoms with Gasteiger partial charge in [0.15, 0.2) is 0 Å². The topological polar surface area (TPSA) is 42.1 Å². The van der Waals surface area contributed by atoms with Crippen LogP contribution in [-0.2, 0) is 12.8 Å². The molecule has 1 atom stereocenters. The van der Waals surface area contributed by atoms with Crippen LogP contribution in [0.25, 0.3) is 0 Å². The van der Waals surface area contributed by atoms with Crippen molar-refractivity contribution >= 4 is 5.69 Å². The zero-order valence-corrected chi connectivity index (χ0v) is 12.6. The first kappa shape index (κ1) is 14.1. The number of hydrogen-bond acceptors (Lipinski definition) is 3. The van der Waals surface area contributed by atoms with Crippen LogP contribution in [-0.4, -0.2) is 18.1 Å². The molecule has 21 heavy (non-hydrogen) atoms. The summed E-state index contributed by atoms with van der Waals surface area (Å²) in [6.45, 7) is 4.26. The number of hydrogen-bond donors (Lipinski definition) is 1. The maximum atomic E-state index is 6.00. The molecule has 3 nitrogen and oxygen atoms in total. The van der Waals surface area contributed by atoms with Crippen molar-refractivity contribution in [1.29, 1.82) is 0 Å². The van der Waals surface area contributed by atoms with Crippen LogP contribution in [0.5, 0.6) is 0 Å². The molecule has 1 unspecified atom stereocenters. The van der Waals surface area contributed by atoms with Crippen LogP contribution in [0.1, 0.15) is 36.1 Å². The highest BCUT2D eigenvalue weighted by molar-refractivity contribution is 5.57. The van der Waals surface area contributed by atoms with Gasteiger partial charge >= 0.3 is 0 Å². The standard InChI is InChI=1S/C18H23N3/c1-14(19)16-4-5-18-17(13-16)3-2-11-21(18)12-8-15-6-9-20-10-7-15/h4-7,9-10,13-14H,2-3,8,11-12,19H2,1H3. The number of benzene rings is 1. The van der Waals surface area contributed by atoms with Gasteiger partial charge in [-0.15, -0.1) is 0 Å². The van der Waals surface area contributed by atoms with E-state index in [1.54, 1.807) is 0 Å². The summed E-state index contributed by atoms with van der Waals surface area (Å²) < 4.78 is 0. The van der Waals surface area contributed by atoms with Gasteiger partial charge in [-0.1, -0.05) is 12.1 Å². The van der Waals surface area contributed by atoms with Gasteiger partial charge in [0.1, 0.15) is 0 Å². The van der Waals surface area contributed by atoms with Crippen molar-refractivity contribution in [2.75, 3.05) is 18.0 Å². The van der Waals surface area contributed by atoms with E-state index in [1.807, 2.05) is 19.3 Å². The fourth-order valence-electron chi connectivity index (χ4n) is 3.02. The predicted molar refractivity (Wildman–Crippen MR) is 87.5 cm³/mol. The Morgan fingerprint density at radius 1 is 1.24 bits per heavy atom. The Balaban J connectivity index is 1.74. The molecule has 1 aromatic carbocycles. The van der Waals surface area contributed by atoms with Crippen LogP contribution in [0.2, 0.25) is 0 Å². The van der Waals surface area contributed by atoms with E-state index in [0.29, 0.717) is 0 Å². The SMILES string of the molecule is CC(N)c1ccc2c(c1)CCCN2CCc1ccncc1. The van der Waals surface area contributed by atoms with E-state index >= 15 is 0 Å². The van der Waals surface area contributed by atoms with Gasteiger partial charge in [0.05, 0.1) is 0 Å². The minimum Gasteiger partial charge on any atom is -0.371 e. The fourth-order valence-corrected chi connectivity index (χ4v) is 3.02. The first-order valence-electron chi connectivity index (χ1n) is 7.76. The first-order chi connectivity index (χ1) is 10.2. The second-order valence-electron chi connectivity index (χ2n) is 5.87. The number of pyridine rings is 1. The number of nitrogens with two attached hydrogens (primary N) is 1. The number of aryl methyl sites for hydroxylation is 1. The van der Waals surface area contributed by atoms with Crippen molar-refractivity contribution in [3.8, 4) is 0 Å². The monoisotopic (exact) mass is 281 g/mol. The van der Waals surface area contributed by atoms with Gasteiger partial charge in [0.2, 0.25) is 0 Å². The Kier molecular flexibility index (Phi) is 4.20. The molecule has 0 saturated heterocycles. The molecule has 2 heterocycles. The second-order valence-corrected chi connectivity index (χ2v) is 5.87. The van der Waals surface area contributed by atoms with Gasteiger partial charge in [-0.2, -0.15) is 0 Å². The van der Waals surface area contributed by atoms with Crippen LogP contribution in [0.3, 0.4) is 0 Å². The molecule has 2 N–H and O–H groups in total. The van der Waals surface area contributed by atoms with Gasteiger partial charge in [0, 0.05) is 37.2 Å². The van der Waals surface area contributed by atoms with Crippen molar-refractivity contribution in [3.63, 3.8) is 0 Å². The number of fused-ring (bicyclic) bond motifs is 1. The highest BCUT2D eigenvalue weighted by Crippen LogP contribution is 2.29. The first-order valence-corrected chi connectivity index (χ1v) is 7.76. The predicted octanol–water partition coefficient (Wildman–Crippen LogP) is 3.10. The summed E-state index contributed by atoms with van der Waals surface area (Å²) in [5, 5.41) is 0. The Hall–Kier alpha value is -1.87. The molecule has 0 amide bonds. The molecule has 0 saturated carbocycles. The average Bonchev–Trinajstić information content (AvgIpc) is 2.53. The van der Waals surface area contributed by atoms with Crippen molar-refractivity contribution in [2.24, 2.45) is 5.73 Å². The highest BCUT2D eigenvalue weighted by atomic mass is 15.1. The van der Waals surface area contributed by atoms with Crippen molar-refractivity contribution < 1.29 is 0 Å². The van der Waals surface area contributed by atoms with Crippen molar-refractivity contribution in [2.45, 2.75) is 32.2 Å². The van der Waals surface area contributed by atoms with Gasteiger partial charge in [-0.3, -0.25) is 4.98 Å². The van der Waals surface area contributed by atoms with Crippen LogP contribution < -0.4 is 10.6 Å². The molecule has 0 bridgehead atoms. The van der Waals surface area contributed by atoms with Crippen LogP contribution in [0.4, 0.5) is 5.69 Å². The van der Waals surface area contributed by atoms with Crippen molar-refractivity contribution in [3.05, 3.63) is 59.4 Å². The number of aromatic nitrogens is 1. The molecule has 1 aliphatic rings. The quantitative estimate of drug-likeness (QED) is 0.936. The lowest BCUT2D eigenvalue weighted by Crippen LogP contribution is -2.31. The van der Waals surface area contributed by atoms with E-state index in [1.165, 1.54) is 35.2 Å². The van der Waals surface area contributed by atoms with E-state index < -0.39 is 0 Å². The summed E-state index contributed by atoms with van der Waals surface area (Å²) in [5.74, 6) is 0. The third kappa shape index (κ3) is 3.24. The summed E-state index contributed by atoms with van der Waals surface area (Å²) in [6, 6.07) is 11.0. The smallest absolute Gasteiger partial charge is 0.0399 e.